The Hall–Kier alpha value is -1.08. The Labute approximate surface area is 91.6 Å². The van der Waals surface area contributed by atoms with Gasteiger partial charge in [0.15, 0.2) is 0 Å². The molecule has 1 N–H and O–H groups in total. The molecule has 2 atom stereocenters. The highest BCUT2D eigenvalue weighted by Crippen LogP contribution is 2.08. The van der Waals surface area contributed by atoms with Crippen molar-refractivity contribution in [2.24, 2.45) is 5.92 Å². The first-order valence-corrected chi connectivity index (χ1v) is 5.12. The van der Waals surface area contributed by atoms with Gasteiger partial charge in [-0.1, -0.05) is 0 Å². The summed E-state index contributed by atoms with van der Waals surface area (Å²) in [6.45, 7) is 9.52. The molecule has 86 valence electrons. The second kappa shape index (κ2) is 5.72. The van der Waals surface area contributed by atoms with Crippen molar-refractivity contribution in [3.63, 3.8) is 0 Å². The van der Waals surface area contributed by atoms with Crippen molar-refractivity contribution in [3.05, 3.63) is 0 Å². The van der Waals surface area contributed by atoms with Crippen molar-refractivity contribution < 1.29 is 9.53 Å². The summed E-state index contributed by atoms with van der Waals surface area (Å²) in [6.07, 6.45) is 0. The van der Waals surface area contributed by atoms with Gasteiger partial charge in [-0.15, -0.1) is 0 Å². The second-order valence-corrected chi connectivity index (χ2v) is 4.69. The maximum absolute atomic E-state index is 11.5. The summed E-state index contributed by atoms with van der Waals surface area (Å²) in [7, 11) is 0. The van der Waals surface area contributed by atoms with E-state index in [9.17, 15) is 4.79 Å². The van der Waals surface area contributed by atoms with Gasteiger partial charge in [0.2, 0.25) is 0 Å². The van der Waals surface area contributed by atoms with Crippen LogP contribution in [0.3, 0.4) is 0 Å². The topological polar surface area (TPSA) is 62.1 Å². The van der Waals surface area contributed by atoms with Gasteiger partial charge in [0.1, 0.15) is 11.6 Å². The summed E-state index contributed by atoms with van der Waals surface area (Å²) >= 11 is 0. The average molecular weight is 212 g/mol. The molecule has 0 aliphatic carbocycles. The number of rotatable bonds is 4. The van der Waals surface area contributed by atoms with Crippen molar-refractivity contribution in [1.82, 2.24) is 5.32 Å². The molecule has 0 aromatic rings. The van der Waals surface area contributed by atoms with Crippen LogP contribution in [0.4, 0.5) is 0 Å². The lowest BCUT2D eigenvalue weighted by atomic mass is 10.2. The Kier molecular flexibility index (Phi) is 5.31. The molecule has 4 heteroatoms. The maximum Gasteiger partial charge on any atom is 0.323 e. The first-order chi connectivity index (χ1) is 6.76. The van der Waals surface area contributed by atoms with Crippen molar-refractivity contribution in [2.45, 2.75) is 46.3 Å². The molecule has 0 rings (SSSR count). The SMILES string of the molecule is CC(C#N)CNC(C)C(=O)OC(C)(C)C. The number of nitrogens with zero attached hydrogens (tertiary/aromatic N) is 1. The van der Waals surface area contributed by atoms with E-state index in [2.05, 4.69) is 11.4 Å². The van der Waals surface area contributed by atoms with E-state index >= 15 is 0 Å². The molecular weight excluding hydrogens is 192 g/mol. The minimum atomic E-state index is -0.464. The number of nitriles is 1. The predicted molar refractivity (Wildman–Crippen MR) is 58.1 cm³/mol. The summed E-state index contributed by atoms with van der Waals surface area (Å²) in [5, 5.41) is 11.5. The first-order valence-electron chi connectivity index (χ1n) is 5.12. The Morgan fingerprint density at radius 1 is 1.47 bits per heavy atom. The molecular formula is C11H20N2O2. The van der Waals surface area contributed by atoms with E-state index in [0.717, 1.165) is 0 Å². The molecule has 0 amide bonds. The molecule has 0 bridgehead atoms. The molecule has 0 aliphatic heterocycles. The lowest BCUT2D eigenvalue weighted by Gasteiger charge is -2.22. The minimum absolute atomic E-state index is 0.102. The zero-order valence-corrected chi connectivity index (χ0v) is 10.1. The van der Waals surface area contributed by atoms with E-state index in [1.807, 2.05) is 20.8 Å². The number of carbonyl (C=O) groups is 1. The van der Waals surface area contributed by atoms with Gasteiger partial charge in [0, 0.05) is 6.54 Å². The number of ether oxygens (including phenoxy) is 1. The van der Waals surface area contributed by atoms with Gasteiger partial charge in [-0.3, -0.25) is 4.79 Å². The van der Waals surface area contributed by atoms with Gasteiger partial charge in [0.25, 0.3) is 0 Å². The molecule has 0 saturated carbocycles. The van der Waals surface area contributed by atoms with Crippen molar-refractivity contribution >= 4 is 5.97 Å². The fourth-order valence-corrected chi connectivity index (χ4v) is 0.873. The molecule has 0 aliphatic rings. The normalized spacial score (nSPS) is 15.2. The third-order valence-electron chi connectivity index (χ3n) is 1.71. The van der Waals surface area contributed by atoms with E-state index in [0.29, 0.717) is 6.54 Å². The van der Waals surface area contributed by atoms with Gasteiger partial charge in [0.05, 0.1) is 12.0 Å². The number of hydrogen-bond acceptors (Lipinski definition) is 4. The van der Waals surface area contributed by atoms with Crippen LogP contribution >= 0.6 is 0 Å². The summed E-state index contributed by atoms with van der Waals surface area (Å²) in [5.74, 6) is -0.387. The molecule has 15 heavy (non-hydrogen) atoms. The minimum Gasteiger partial charge on any atom is -0.459 e. The fraction of sp³-hybridized carbons (Fsp3) is 0.818. The highest BCUT2D eigenvalue weighted by Gasteiger charge is 2.21. The summed E-state index contributed by atoms with van der Waals surface area (Å²) in [5.41, 5.74) is -0.464. The first kappa shape index (κ1) is 13.9. The monoisotopic (exact) mass is 212 g/mol. The average Bonchev–Trinajstić information content (AvgIpc) is 2.10. The van der Waals surface area contributed by atoms with E-state index in [4.69, 9.17) is 10.00 Å². The van der Waals surface area contributed by atoms with Crippen LogP contribution < -0.4 is 5.32 Å². The van der Waals surface area contributed by atoms with Crippen molar-refractivity contribution in [2.75, 3.05) is 6.54 Å². The maximum atomic E-state index is 11.5. The van der Waals surface area contributed by atoms with Crippen LogP contribution in [0, 0.1) is 17.2 Å². The number of nitrogens with one attached hydrogen (secondary N) is 1. The Bertz CT molecular complexity index is 250. The van der Waals surface area contributed by atoms with Crippen LogP contribution in [-0.2, 0) is 9.53 Å². The largest absolute Gasteiger partial charge is 0.459 e. The van der Waals surface area contributed by atoms with Crippen LogP contribution in [0.2, 0.25) is 0 Å². The van der Waals surface area contributed by atoms with Crippen LogP contribution in [0.1, 0.15) is 34.6 Å². The van der Waals surface area contributed by atoms with Gasteiger partial charge in [-0.2, -0.15) is 5.26 Å². The summed E-state index contributed by atoms with van der Waals surface area (Å²) in [6, 6.07) is 1.72. The Morgan fingerprint density at radius 2 is 2.00 bits per heavy atom. The third kappa shape index (κ3) is 6.92. The second-order valence-electron chi connectivity index (χ2n) is 4.69. The number of esters is 1. The quantitative estimate of drug-likeness (QED) is 0.717. The molecule has 0 saturated heterocycles. The van der Waals surface area contributed by atoms with Crippen molar-refractivity contribution in [3.8, 4) is 6.07 Å². The molecule has 0 aromatic carbocycles. The molecule has 0 spiro atoms. The van der Waals surface area contributed by atoms with Gasteiger partial charge in [-0.25, -0.2) is 0 Å². The van der Waals surface area contributed by atoms with Gasteiger partial charge >= 0.3 is 5.97 Å². The standard InChI is InChI=1S/C11H20N2O2/c1-8(6-12)7-13-9(2)10(14)15-11(3,4)5/h8-9,13H,7H2,1-5H3. The lowest BCUT2D eigenvalue weighted by molar-refractivity contribution is -0.156. The third-order valence-corrected chi connectivity index (χ3v) is 1.71. The van der Waals surface area contributed by atoms with Gasteiger partial charge < -0.3 is 10.1 Å². The zero-order valence-electron chi connectivity index (χ0n) is 10.1. The summed E-state index contributed by atoms with van der Waals surface area (Å²) < 4.78 is 5.18. The zero-order chi connectivity index (χ0) is 12.1. The van der Waals surface area contributed by atoms with E-state index in [1.54, 1.807) is 13.8 Å². The van der Waals surface area contributed by atoms with Crippen LogP contribution in [0.15, 0.2) is 0 Å². The molecule has 0 fully saturated rings. The highest BCUT2D eigenvalue weighted by molar-refractivity contribution is 5.75. The smallest absolute Gasteiger partial charge is 0.323 e. The molecule has 4 nitrogen and oxygen atoms in total. The Balaban J connectivity index is 3.96. The molecule has 0 radical (unpaired) electrons. The van der Waals surface area contributed by atoms with E-state index < -0.39 is 5.60 Å². The van der Waals surface area contributed by atoms with Crippen LogP contribution in [0.25, 0.3) is 0 Å². The van der Waals surface area contributed by atoms with E-state index in [-0.39, 0.29) is 17.9 Å². The van der Waals surface area contributed by atoms with Crippen LogP contribution in [-0.4, -0.2) is 24.2 Å². The predicted octanol–water partition coefficient (Wildman–Crippen LogP) is 1.47. The van der Waals surface area contributed by atoms with Crippen LogP contribution in [0.5, 0.6) is 0 Å². The highest BCUT2D eigenvalue weighted by atomic mass is 16.6. The molecule has 2 unspecified atom stereocenters. The fourth-order valence-electron chi connectivity index (χ4n) is 0.873. The summed E-state index contributed by atoms with van der Waals surface area (Å²) in [4.78, 5) is 11.5. The molecule has 0 heterocycles. The lowest BCUT2D eigenvalue weighted by Crippen LogP contribution is -2.40. The van der Waals surface area contributed by atoms with Crippen molar-refractivity contribution in [1.29, 1.82) is 5.26 Å². The van der Waals surface area contributed by atoms with Gasteiger partial charge in [-0.05, 0) is 34.6 Å². The number of carbonyl (C=O) groups excluding carboxylic acids is 1. The number of hydrogen-bond donors (Lipinski definition) is 1. The molecule has 0 aromatic heterocycles. The van der Waals surface area contributed by atoms with E-state index in [1.165, 1.54) is 0 Å². The Morgan fingerprint density at radius 3 is 2.40 bits per heavy atom.